The van der Waals surface area contributed by atoms with Gasteiger partial charge in [-0.05, 0) is 45.1 Å². The van der Waals surface area contributed by atoms with Crippen LogP contribution in [-0.4, -0.2) is 42.8 Å². The Kier molecular flexibility index (Phi) is 4.83. The zero-order valence-electron chi connectivity index (χ0n) is 11.4. The minimum atomic E-state index is 0.380. The van der Waals surface area contributed by atoms with E-state index >= 15 is 0 Å². The highest BCUT2D eigenvalue weighted by molar-refractivity contribution is 4.88. The molecule has 0 aromatic heterocycles. The molecule has 0 aromatic carbocycles. The number of rotatable bonds is 4. The Labute approximate surface area is 106 Å². The van der Waals surface area contributed by atoms with E-state index < -0.39 is 0 Å². The van der Waals surface area contributed by atoms with E-state index in [0.29, 0.717) is 18.2 Å². The van der Waals surface area contributed by atoms with Gasteiger partial charge in [0.15, 0.2) is 0 Å². The van der Waals surface area contributed by atoms with E-state index in [1.54, 1.807) is 0 Å². The summed E-state index contributed by atoms with van der Waals surface area (Å²) in [5, 5.41) is 0. The van der Waals surface area contributed by atoms with Crippen LogP contribution in [0.3, 0.4) is 0 Å². The first-order valence-electron chi connectivity index (χ1n) is 7.34. The van der Waals surface area contributed by atoms with Crippen LogP contribution >= 0.6 is 0 Å². The minimum absolute atomic E-state index is 0.380. The maximum atomic E-state index is 6.01. The molecular weight excluding hydrogens is 212 g/mol. The quantitative estimate of drug-likeness (QED) is 0.817. The molecule has 0 spiro atoms. The Bertz CT molecular complexity index is 234. The molecule has 0 radical (unpaired) electrons. The first-order chi connectivity index (χ1) is 8.24. The summed E-state index contributed by atoms with van der Waals surface area (Å²) < 4.78 is 6.01. The van der Waals surface area contributed by atoms with Crippen molar-refractivity contribution >= 4 is 0 Å². The minimum Gasteiger partial charge on any atom is -0.374 e. The SMILES string of the molecule is CCC1CCCN(C(CN)C2CCC(C)O2)C1. The number of nitrogens with zero attached hydrogens (tertiary/aromatic N) is 1. The molecule has 3 heteroatoms. The summed E-state index contributed by atoms with van der Waals surface area (Å²) in [7, 11) is 0. The Morgan fingerprint density at radius 2 is 2.18 bits per heavy atom. The van der Waals surface area contributed by atoms with E-state index in [1.807, 2.05) is 0 Å². The number of piperidine rings is 1. The van der Waals surface area contributed by atoms with E-state index in [-0.39, 0.29) is 0 Å². The Hall–Kier alpha value is -0.120. The van der Waals surface area contributed by atoms with Gasteiger partial charge in [0.1, 0.15) is 0 Å². The predicted octanol–water partition coefficient (Wildman–Crippen LogP) is 2.00. The van der Waals surface area contributed by atoms with E-state index in [1.165, 1.54) is 45.2 Å². The van der Waals surface area contributed by atoms with Gasteiger partial charge < -0.3 is 10.5 Å². The molecule has 2 N–H and O–H groups in total. The van der Waals surface area contributed by atoms with Gasteiger partial charge in [-0.15, -0.1) is 0 Å². The van der Waals surface area contributed by atoms with Crippen LogP contribution in [0, 0.1) is 5.92 Å². The second kappa shape index (κ2) is 6.17. The van der Waals surface area contributed by atoms with Gasteiger partial charge in [0.05, 0.1) is 12.2 Å². The average molecular weight is 240 g/mol. The number of likely N-dealkylation sites (tertiary alicyclic amines) is 1. The Balaban J connectivity index is 1.92. The van der Waals surface area contributed by atoms with Crippen LogP contribution < -0.4 is 5.73 Å². The van der Waals surface area contributed by atoms with Gasteiger partial charge in [-0.1, -0.05) is 13.3 Å². The molecule has 0 aliphatic carbocycles. The first-order valence-corrected chi connectivity index (χ1v) is 7.34. The van der Waals surface area contributed by atoms with Crippen molar-refractivity contribution in [1.29, 1.82) is 0 Å². The summed E-state index contributed by atoms with van der Waals surface area (Å²) in [6.45, 7) is 7.67. The van der Waals surface area contributed by atoms with Crippen molar-refractivity contribution in [1.82, 2.24) is 4.90 Å². The highest BCUT2D eigenvalue weighted by Crippen LogP contribution is 2.27. The summed E-state index contributed by atoms with van der Waals surface area (Å²) in [5.41, 5.74) is 5.99. The molecule has 3 nitrogen and oxygen atoms in total. The lowest BCUT2D eigenvalue weighted by Crippen LogP contribution is -2.52. The Morgan fingerprint density at radius 3 is 2.76 bits per heavy atom. The first kappa shape index (κ1) is 13.3. The molecule has 2 fully saturated rings. The standard InChI is InChI=1S/C14H28N2O/c1-3-12-5-4-8-16(10-12)13(9-15)14-7-6-11(2)17-14/h11-14H,3-10,15H2,1-2H3. The largest absolute Gasteiger partial charge is 0.374 e. The fourth-order valence-corrected chi connectivity index (χ4v) is 3.38. The van der Waals surface area contributed by atoms with Gasteiger partial charge >= 0.3 is 0 Å². The van der Waals surface area contributed by atoms with Gasteiger partial charge in [0.2, 0.25) is 0 Å². The molecule has 4 unspecified atom stereocenters. The normalized spacial score (nSPS) is 37.2. The fourth-order valence-electron chi connectivity index (χ4n) is 3.38. The molecule has 0 saturated carbocycles. The summed E-state index contributed by atoms with van der Waals surface area (Å²) in [5.74, 6) is 0.872. The third-order valence-electron chi connectivity index (χ3n) is 4.53. The molecule has 17 heavy (non-hydrogen) atoms. The number of hydrogen-bond acceptors (Lipinski definition) is 3. The van der Waals surface area contributed by atoms with E-state index in [9.17, 15) is 0 Å². The van der Waals surface area contributed by atoms with Crippen LogP contribution in [0.15, 0.2) is 0 Å². The summed E-state index contributed by atoms with van der Waals surface area (Å²) in [4.78, 5) is 2.60. The molecule has 0 bridgehead atoms. The van der Waals surface area contributed by atoms with Crippen LogP contribution in [0.4, 0.5) is 0 Å². The van der Waals surface area contributed by atoms with Crippen LogP contribution in [0.2, 0.25) is 0 Å². The number of ether oxygens (including phenoxy) is 1. The van der Waals surface area contributed by atoms with Crippen LogP contribution in [0.5, 0.6) is 0 Å². The van der Waals surface area contributed by atoms with Crippen LogP contribution in [0.25, 0.3) is 0 Å². The van der Waals surface area contributed by atoms with Gasteiger partial charge in [0, 0.05) is 19.1 Å². The van der Waals surface area contributed by atoms with Crippen molar-refractivity contribution < 1.29 is 4.74 Å². The maximum Gasteiger partial charge on any atom is 0.0747 e. The second-order valence-corrected chi connectivity index (χ2v) is 5.78. The van der Waals surface area contributed by atoms with Crippen molar-refractivity contribution in [2.24, 2.45) is 11.7 Å². The highest BCUT2D eigenvalue weighted by atomic mass is 16.5. The molecule has 0 amide bonds. The molecule has 2 aliphatic heterocycles. The molecule has 100 valence electrons. The van der Waals surface area contributed by atoms with Gasteiger partial charge in [-0.3, -0.25) is 4.90 Å². The van der Waals surface area contributed by atoms with Crippen molar-refractivity contribution in [3.63, 3.8) is 0 Å². The summed E-state index contributed by atoms with van der Waals surface area (Å²) >= 11 is 0. The van der Waals surface area contributed by atoms with E-state index in [0.717, 1.165) is 12.5 Å². The lowest BCUT2D eigenvalue weighted by atomic mass is 9.93. The number of nitrogens with two attached hydrogens (primary N) is 1. The van der Waals surface area contributed by atoms with Crippen LogP contribution in [-0.2, 0) is 4.74 Å². The molecule has 2 saturated heterocycles. The molecule has 2 rings (SSSR count). The predicted molar refractivity (Wildman–Crippen MR) is 71.0 cm³/mol. The van der Waals surface area contributed by atoms with E-state index in [4.69, 9.17) is 10.5 Å². The molecule has 0 aromatic rings. The van der Waals surface area contributed by atoms with Crippen molar-refractivity contribution in [2.45, 2.75) is 64.2 Å². The van der Waals surface area contributed by atoms with Crippen molar-refractivity contribution in [3.8, 4) is 0 Å². The molecule has 2 aliphatic rings. The van der Waals surface area contributed by atoms with Crippen LogP contribution in [0.1, 0.15) is 46.0 Å². The van der Waals surface area contributed by atoms with Gasteiger partial charge in [0.25, 0.3) is 0 Å². The summed E-state index contributed by atoms with van der Waals surface area (Å²) in [6.07, 6.45) is 7.23. The average Bonchev–Trinajstić information content (AvgIpc) is 2.77. The van der Waals surface area contributed by atoms with Crippen molar-refractivity contribution in [2.75, 3.05) is 19.6 Å². The topological polar surface area (TPSA) is 38.5 Å². The molecular formula is C14H28N2O. The lowest BCUT2D eigenvalue weighted by molar-refractivity contribution is -0.0163. The van der Waals surface area contributed by atoms with E-state index in [2.05, 4.69) is 18.7 Å². The number of hydrogen-bond donors (Lipinski definition) is 1. The third kappa shape index (κ3) is 3.21. The monoisotopic (exact) mass is 240 g/mol. The molecule has 4 atom stereocenters. The maximum absolute atomic E-state index is 6.01. The van der Waals surface area contributed by atoms with Crippen molar-refractivity contribution in [3.05, 3.63) is 0 Å². The zero-order valence-corrected chi connectivity index (χ0v) is 11.4. The zero-order chi connectivity index (χ0) is 12.3. The highest BCUT2D eigenvalue weighted by Gasteiger charge is 2.34. The van der Waals surface area contributed by atoms with Gasteiger partial charge in [-0.2, -0.15) is 0 Å². The second-order valence-electron chi connectivity index (χ2n) is 5.78. The third-order valence-corrected chi connectivity index (χ3v) is 4.53. The lowest BCUT2D eigenvalue weighted by Gasteiger charge is -2.40. The smallest absolute Gasteiger partial charge is 0.0747 e. The van der Waals surface area contributed by atoms with Gasteiger partial charge in [-0.25, -0.2) is 0 Å². The summed E-state index contributed by atoms with van der Waals surface area (Å²) in [6, 6.07) is 0.453. The molecule has 2 heterocycles. The Morgan fingerprint density at radius 1 is 1.35 bits per heavy atom. The fraction of sp³-hybridized carbons (Fsp3) is 1.00.